The fourth-order valence-electron chi connectivity index (χ4n) is 2.86. The number of rotatable bonds is 2. The van der Waals surface area contributed by atoms with E-state index in [4.69, 9.17) is 4.42 Å². The number of oxazole rings is 1. The SMILES string of the molecule is c1ccc2[nH]c(-c3ccc(-c4nc5ccccc5o4)cc3)nc2c1. The van der Waals surface area contributed by atoms with Crippen molar-refractivity contribution in [1.82, 2.24) is 15.0 Å². The van der Waals surface area contributed by atoms with Gasteiger partial charge in [-0.15, -0.1) is 0 Å². The summed E-state index contributed by atoms with van der Waals surface area (Å²) >= 11 is 0. The molecule has 0 saturated carbocycles. The summed E-state index contributed by atoms with van der Waals surface area (Å²) in [5, 5.41) is 0. The Labute approximate surface area is 137 Å². The molecular weight excluding hydrogens is 298 g/mol. The summed E-state index contributed by atoms with van der Waals surface area (Å²) < 4.78 is 5.81. The zero-order valence-corrected chi connectivity index (χ0v) is 12.7. The van der Waals surface area contributed by atoms with Crippen molar-refractivity contribution in [1.29, 1.82) is 0 Å². The van der Waals surface area contributed by atoms with Gasteiger partial charge in [-0.3, -0.25) is 0 Å². The van der Waals surface area contributed by atoms with Crippen molar-refractivity contribution >= 4 is 22.1 Å². The van der Waals surface area contributed by atoms with E-state index in [0.29, 0.717) is 5.89 Å². The van der Waals surface area contributed by atoms with Crippen LogP contribution < -0.4 is 0 Å². The quantitative estimate of drug-likeness (QED) is 0.497. The maximum absolute atomic E-state index is 5.81. The van der Waals surface area contributed by atoms with Crippen molar-refractivity contribution < 1.29 is 4.42 Å². The molecule has 3 aromatic carbocycles. The largest absolute Gasteiger partial charge is 0.436 e. The van der Waals surface area contributed by atoms with Crippen molar-refractivity contribution in [3.05, 3.63) is 72.8 Å². The zero-order chi connectivity index (χ0) is 15.9. The van der Waals surface area contributed by atoms with Gasteiger partial charge in [-0.2, -0.15) is 0 Å². The van der Waals surface area contributed by atoms with Gasteiger partial charge in [0.2, 0.25) is 5.89 Å². The van der Waals surface area contributed by atoms with E-state index in [-0.39, 0.29) is 0 Å². The molecule has 2 heterocycles. The minimum absolute atomic E-state index is 0.632. The number of imidazole rings is 1. The Morgan fingerprint density at radius 2 is 1.38 bits per heavy atom. The third kappa shape index (κ3) is 2.08. The summed E-state index contributed by atoms with van der Waals surface area (Å²) in [6.45, 7) is 0. The molecule has 2 aromatic heterocycles. The van der Waals surface area contributed by atoms with Gasteiger partial charge in [0.15, 0.2) is 5.58 Å². The van der Waals surface area contributed by atoms with Crippen molar-refractivity contribution in [2.45, 2.75) is 0 Å². The topological polar surface area (TPSA) is 54.7 Å². The van der Waals surface area contributed by atoms with Crippen LogP contribution in [0.1, 0.15) is 0 Å². The Morgan fingerprint density at radius 3 is 2.17 bits per heavy atom. The lowest BCUT2D eigenvalue weighted by Crippen LogP contribution is -1.82. The van der Waals surface area contributed by atoms with E-state index in [1.54, 1.807) is 0 Å². The van der Waals surface area contributed by atoms with Crippen LogP contribution in [0.3, 0.4) is 0 Å². The number of nitrogens with zero attached hydrogens (tertiary/aromatic N) is 2. The van der Waals surface area contributed by atoms with E-state index < -0.39 is 0 Å². The molecule has 0 amide bonds. The summed E-state index contributed by atoms with van der Waals surface area (Å²) in [6, 6.07) is 23.9. The van der Waals surface area contributed by atoms with Crippen LogP contribution in [0.15, 0.2) is 77.2 Å². The number of aromatic amines is 1. The molecule has 0 fully saturated rings. The number of benzene rings is 3. The first-order valence-electron chi connectivity index (χ1n) is 7.78. The highest BCUT2D eigenvalue weighted by Gasteiger charge is 2.09. The predicted molar refractivity (Wildman–Crippen MR) is 94.5 cm³/mol. The number of hydrogen-bond acceptors (Lipinski definition) is 3. The lowest BCUT2D eigenvalue weighted by Gasteiger charge is -1.98. The molecule has 114 valence electrons. The van der Waals surface area contributed by atoms with E-state index in [1.807, 2.05) is 72.8 Å². The van der Waals surface area contributed by atoms with Gasteiger partial charge < -0.3 is 9.40 Å². The molecule has 5 aromatic rings. The molecule has 0 aliphatic heterocycles. The second-order valence-corrected chi connectivity index (χ2v) is 5.67. The number of para-hydroxylation sites is 4. The van der Waals surface area contributed by atoms with E-state index in [1.165, 1.54) is 0 Å². The van der Waals surface area contributed by atoms with Crippen LogP contribution in [0, 0.1) is 0 Å². The first-order chi connectivity index (χ1) is 11.9. The summed E-state index contributed by atoms with van der Waals surface area (Å²) in [4.78, 5) is 12.5. The lowest BCUT2D eigenvalue weighted by molar-refractivity contribution is 0.620. The van der Waals surface area contributed by atoms with Crippen LogP contribution in [0.2, 0.25) is 0 Å². The molecular formula is C20H13N3O. The number of fused-ring (bicyclic) bond motifs is 2. The Kier molecular flexibility index (Phi) is 2.76. The maximum Gasteiger partial charge on any atom is 0.227 e. The fraction of sp³-hybridized carbons (Fsp3) is 0. The van der Waals surface area contributed by atoms with Crippen LogP contribution in [0.4, 0.5) is 0 Å². The summed E-state index contributed by atoms with van der Waals surface area (Å²) in [7, 11) is 0. The molecule has 24 heavy (non-hydrogen) atoms. The number of H-pyrrole nitrogens is 1. The fourth-order valence-corrected chi connectivity index (χ4v) is 2.86. The van der Waals surface area contributed by atoms with Gasteiger partial charge in [0.25, 0.3) is 0 Å². The number of nitrogens with one attached hydrogen (secondary N) is 1. The van der Waals surface area contributed by atoms with Gasteiger partial charge in [0, 0.05) is 11.1 Å². The molecule has 0 atom stereocenters. The molecule has 0 unspecified atom stereocenters. The van der Waals surface area contributed by atoms with Crippen molar-refractivity contribution in [3.63, 3.8) is 0 Å². The number of aromatic nitrogens is 3. The van der Waals surface area contributed by atoms with Crippen LogP contribution in [0.25, 0.3) is 45.0 Å². The van der Waals surface area contributed by atoms with Crippen molar-refractivity contribution in [2.24, 2.45) is 0 Å². The van der Waals surface area contributed by atoms with Crippen molar-refractivity contribution in [3.8, 4) is 22.8 Å². The average molecular weight is 311 g/mol. The Hall–Kier alpha value is -3.40. The van der Waals surface area contributed by atoms with Gasteiger partial charge in [-0.1, -0.05) is 36.4 Å². The Bertz CT molecular complexity index is 993. The smallest absolute Gasteiger partial charge is 0.227 e. The first kappa shape index (κ1) is 13.1. The lowest BCUT2D eigenvalue weighted by atomic mass is 10.1. The monoisotopic (exact) mass is 311 g/mol. The predicted octanol–water partition coefficient (Wildman–Crippen LogP) is 5.04. The Balaban J connectivity index is 1.54. The van der Waals surface area contributed by atoms with E-state index >= 15 is 0 Å². The van der Waals surface area contributed by atoms with E-state index in [2.05, 4.69) is 15.0 Å². The Morgan fingerprint density at radius 1 is 0.667 bits per heavy atom. The van der Waals surface area contributed by atoms with Gasteiger partial charge >= 0.3 is 0 Å². The summed E-state index contributed by atoms with van der Waals surface area (Å²) in [6.07, 6.45) is 0. The highest BCUT2D eigenvalue weighted by Crippen LogP contribution is 2.27. The van der Waals surface area contributed by atoms with E-state index in [9.17, 15) is 0 Å². The molecule has 4 nitrogen and oxygen atoms in total. The summed E-state index contributed by atoms with van der Waals surface area (Å²) in [5.74, 6) is 1.49. The second-order valence-electron chi connectivity index (χ2n) is 5.67. The molecule has 0 aliphatic carbocycles. The third-order valence-electron chi connectivity index (χ3n) is 4.09. The molecule has 5 rings (SSSR count). The van der Waals surface area contributed by atoms with Gasteiger partial charge in [0.1, 0.15) is 11.3 Å². The third-order valence-corrected chi connectivity index (χ3v) is 4.09. The van der Waals surface area contributed by atoms with Gasteiger partial charge in [-0.25, -0.2) is 9.97 Å². The minimum atomic E-state index is 0.632. The van der Waals surface area contributed by atoms with Gasteiger partial charge in [-0.05, 0) is 36.4 Å². The maximum atomic E-state index is 5.81. The molecule has 0 aliphatic rings. The number of hydrogen-bond donors (Lipinski definition) is 1. The molecule has 1 N–H and O–H groups in total. The first-order valence-corrected chi connectivity index (χ1v) is 7.78. The van der Waals surface area contributed by atoms with E-state index in [0.717, 1.165) is 39.1 Å². The standard InChI is InChI=1S/C20H13N3O/c1-2-6-16-15(5-1)21-19(22-16)13-9-11-14(12-10-13)20-23-17-7-3-4-8-18(17)24-20/h1-12H,(H,21,22). The zero-order valence-electron chi connectivity index (χ0n) is 12.7. The minimum Gasteiger partial charge on any atom is -0.436 e. The summed E-state index contributed by atoms with van der Waals surface area (Å²) in [5.41, 5.74) is 5.66. The molecule has 4 heteroatoms. The highest BCUT2D eigenvalue weighted by atomic mass is 16.3. The van der Waals surface area contributed by atoms with Crippen LogP contribution in [0.5, 0.6) is 0 Å². The molecule has 0 radical (unpaired) electrons. The normalized spacial score (nSPS) is 11.3. The second kappa shape index (κ2) is 5.06. The van der Waals surface area contributed by atoms with Crippen LogP contribution >= 0.6 is 0 Å². The molecule has 0 bridgehead atoms. The van der Waals surface area contributed by atoms with Crippen LogP contribution in [-0.2, 0) is 0 Å². The highest BCUT2D eigenvalue weighted by molar-refractivity contribution is 5.80. The molecule has 0 spiro atoms. The van der Waals surface area contributed by atoms with Crippen molar-refractivity contribution in [2.75, 3.05) is 0 Å². The van der Waals surface area contributed by atoms with Gasteiger partial charge in [0.05, 0.1) is 11.0 Å². The average Bonchev–Trinajstić information content (AvgIpc) is 3.25. The molecule has 0 saturated heterocycles. The van der Waals surface area contributed by atoms with Crippen LogP contribution in [-0.4, -0.2) is 15.0 Å².